The number of likely N-dealkylation sites (N-methyl/N-ethyl adjacent to an activating group) is 1. The fourth-order valence-electron chi connectivity index (χ4n) is 4.64. The second-order valence-corrected chi connectivity index (χ2v) is 12.9. The molecule has 14 heteroatoms. The Morgan fingerprint density at radius 3 is 2.26 bits per heavy atom. The number of epoxide rings is 1. The van der Waals surface area contributed by atoms with Crippen LogP contribution in [0.15, 0.2) is 0 Å². The van der Waals surface area contributed by atoms with E-state index in [9.17, 15) is 24.7 Å². The molecule has 0 spiro atoms. The second kappa shape index (κ2) is 13.2. The van der Waals surface area contributed by atoms with Gasteiger partial charge in [0.2, 0.25) is 5.91 Å². The number of nitrogens with zero attached hydrogens (tertiary/aromatic N) is 1. The number of nitrogens with one attached hydrogen (secondary N) is 1. The lowest BCUT2D eigenvalue weighted by Gasteiger charge is -2.44. The van der Waals surface area contributed by atoms with Gasteiger partial charge in [0.25, 0.3) is 0 Å². The summed E-state index contributed by atoms with van der Waals surface area (Å²) < 4.78 is 20.5. The molecule has 3 fully saturated rings. The SMILES string of the molecule is CCC[C@@H]1C[C@@H](C(=O)N[C@@H]([C@H]2O[C@H](SC)[C@H](O)[C@@H](O)[C@H]2O)[C@H](C)Cl)N(C)C1.C[C@@H]1O[C@@H]1P(=O)(O)O. The molecule has 35 heavy (non-hydrogen) atoms. The molecule has 11 atom stereocenters. The van der Waals surface area contributed by atoms with Gasteiger partial charge in [0.1, 0.15) is 29.9 Å². The standard InChI is InChI=1S/C18H33ClN2O5S.C3H7O4P/c1-5-6-10-7-11(21(3)8-10)17(25)20-12(9(2)19)16-14(23)13(22)15(24)18(26-16)27-4;1-2-3(7-2)8(4,5)6/h9-16,18,22-24H,5-8H2,1-4H3,(H,20,25);2-3H,1H3,(H2,4,5,6)/t9-,10+,11-,12+,13-,14+,15+,16+,18+;2-,3+/m00/s1. The van der Waals surface area contributed by atoms with Gasteiger partial charge in [-0.2, -0.15) is 0 Å². The highest BCUT2D eigenvalue weighted by atomic mass is 35.5. The van der Waals surface area contributed by atoms with Crippen LogP contribution in [-0.2, 0) is 18.8 Å². The number of likely N-dealkylation sites (tertiary alicyclic amines) is 1. The van der Waals surface area contributed by atoms with Crippen LogP contribution in [0.25, 0.3) is 0 Å². The molecular weight excluding hydrogens is 523 g/mol. The first-order chi connectivity index (χ1) is 16.2. The highest BCUT2D eigenvalue weighted by Crippen LogP contribution is 2.52. The lowest BCUT2D eigenvalue weighted by atomic mass is 9.92. The number of halogens is 1. The fourth-order valence-corrected chi connectivity index (χ4v) is 6.42. The van der Waals surface area contributed by atoms with Gasteiger partial charge in [0, 0.05) is 6.54 Å². The van der Waals surface area contributed by atoms with Gasteiger partial charge in [-0.25, -0.2) is 0 Å². The van der Waals surface area contributed by atoms with Crippen molar-refractivity contribution in [3.05, 3.63) is 0 Å². The first kappa shape index (κ1) is 31.2. The summed E-state index contributed by atoms with van der Waals surface area (Å²) in [5.41, 5.74) is -0.702. The van der Waals surface area contributed by atoms with E-state index >= 15 is 0 Å². The minimum absolute atomic E-state index is 0.147. The van der Waals surface area contributed by atoms with E-state index in [1.165, 1.54) is 11.8 Å². The largest absolute Gasteiger partial charge is 0.388 e. The van der Waals surface area contributed by atoms with Gasteiger partial charge >= 0.3 is 7.60 Å². The topological polar surface area (TPSA) is 172 Å². The summed E-state index contributed by atoms with van der Waals surface area (Å²) in [5.74, 6) is -0.467. The fraction of sp³-hybridized carbons (Fsp3) is 0.952. The monoisotopic (exact) mass is 562 g/mol. The summed E-state index contributed by atoms with van der Waals surface area (Å²) in [6, 6.07) is -0.934. The van der Waals surface area contributed by atoms with Crippen LogP contribution in [-0.4, -0.2) is 115 Å². The van der Waals surface area contributed by atoms with Crippen molar-refractivity contribution >= 4 is 36.9 Å². The zero-order valence-corrected chi connectivity index (χ0v) is 23.2. The Hall–Kier alpha value is 0.0200. The van der Waals surface area contributed by atoms with Crippen molar-refractivity contribution in [1.29, 1.82) is 0 Å². The van der Waals surface area contributed by atoms with Gasteiger partial charge in [-0.05, 0) is 45.9 Å². The van der Waals surface area contributed by atoms with Crippen molar-refractivity contribution in [2.24, 2.45) is 5.92 Å². The number of alkyl halides is 1. The van der Waals surface area contributed by atoms with E-state index in [0.717, 1.165) is 25.8 Å². The molecule has 0 aromatic heterocycles. The van der Waals surface area contributed by atoms with E-state index in [2.05, 4.69) is 17.0 Å². The Morgan fingerprint density at radius 2 is 1.83 bits per heavy atom. The van der Waals surface area contributed by atoms with E-state index in [4.69, 9.17) is 26.1 Å². The van der Waals surface area contributed by atoms with Crippen molar-refractivity contribution in [3.63, 3.8) is 0 Å². The number of amides is 1. The Morgan fingerprint density at radius 1 is 1.23 bits per heavy atom. The van der Waals surface area contributed by atoms with Crippen LogP contribution >= 0.6 is 31.0 Å². The predicted octanol–water partition coefficient (Wildman–Crippen LogP) is 0.298. The van der Waals surface area contributed by atoms with Gasteiger partial charge in [-0.3, -0.25) is 14.3 Å². The molecule has 3 saturated heterocycles. The van der Waals surface area contributed by atoms with Crippen LogP contribution in [0.5, 0.6) is 0 Å². The van der Waals surface area contributed by atoms with Crippen LogP contribution < -0.4 is 5.32 Å². The Kier molecular flexibility index (Phi) is 11.8. The maximum absolute atomic E-state index is 12.9. The van der Waals surface area contributed by atoms with Gasteiger partial charge in [0.05, 0.1) is 23.6 Å². The van der Waals surface area contributed by atoms with Crippen molar-refractivity contribution in [1.82, 2.24) is 10.2 Å². The maximum atomic E-state index is 12.9. The van der Waals surface area contributed by atoms with E-state index in [0.29, 0.717) is 5.92 Å². The lowest BCUT2D eigenvalue weighted by molar-refractivity contribution is -0.205. The average Bonchev–Trinajstić information content (AvgIpc) is 3.41. The molecule has 3 heterocycles. The molecule has 1 amide bonds. The first-order valence-corrected chi connectivity index (χ1v) is 15.2. The number of carbonyl (C=O) groups excluding carboxylic acids is 1. The van der Waals surface area contributed by atoms with Gasteiger partial charge in [0.15, 0.2) is 5.85 Å². The van der Waals surface area contributed by atoms with E-state index in [1.54, 1.807) is 20.1 Å². The molecule has 6 N–H and O–H groups in total. The summed E-state index contributed by atoms with van der Waals surface area (Å²) in [6.07, 6.45) is -0.352. The van der Waals surface area contributed by atoms with Crippen LogP contribution in [0.4, 0.5) is 0 Å². The van der Waals surface area contributed by atoms with Crippen molar-refractivity contribution in [3.8, 4) is 0 Å². The molecule has 0 radical (unpaired) electrons. The van der Waals surface area contributed by atoms with Crippen LogP contribution in [0.1, 0.15) is 40.0 Å². The highest BCUT2D eigenvalue weighted by molar-refractivity contribution is 7.99. The molecule has 0 bridgehead atoms. The number of hydrogen-bond donors (Lipinski definition) is 6. The number of ether oxygens (including phenoxy) is 2. The van der Waals surface area contributed by atoms with Crippen molar-refractivity contribution in [2.75, 3.05) is 19.8 Å². The summed E-state index contributed by atoms with van der Waals surface area (Å²) in [4.78, 5) is 31.6. The lowest BCUT2D eigenvalue weighted by Crippen LogP contribution is -2.65. The van der Waals surface area contributed by atoms with Gasteiger partial charge < -0.3 is 39.9 Å². The molecule has 3 aliphatic heterocycles. The highest BCUT2D eigenvalue weighted by Gasteiger charge is 2.49. The zero-order valence-electron chi connectivity index (χ0n) is 20.7. The van der Waals surface area contributed by atoms with Crippen LogP contribution in [0.3, 0.4) is 0 Å². The smallest absolute Gasteiger partial charge is 0.356 e. The number of thioether (sulfide) groups is 1. The molecule has 3 rings (SSSR count). The van der Waals surface area contributed by atoms with E-state index in [1.807, 2.05) is 11.9 Å². The summed E-state index contributed by atoms with van der Waals surface area (Å²) in [5, 5.41) is 33.0. The molecule has 0 aromatic carbocycles. The van der Waals surface area contributed by atoms with Crippen molar-refractivity contribution < 1.29 is 43.9 Å². The van der Waals surface area contributed by atoms with E-state index in [-0.39, 0.29) is 18.1 Å². The molecular formula is C21H40ClN2O9PS. The number of aliphatic hydroxyl groups excluding tert-OH is 3. The Bertz CT molecular complexity index is 746. The summed E-state index contributed by atoms with van der Waals surface area (Å²) in [6.45, 7) is 6.37. The molecule has 0 aromatic rings. The first-order valence-electron chi connectivity index (χ1n) is 11.8. The number of rotatable bonds is 8. The molecule has 0 unspecified atom stereocenters. The molecule has 11 nitrogen and oxygen atoms in total. The van der Waals surface area contributed by atoms with Gasteiger partial charge in [-0.15, -0.1) is 23.4 Å². The third kappa shape index (κ3) is 8.25. The normalized spacial score (nSPS) is 39.3. The van der Waals surface area contributed by atoms with Crippen LogP contribution in [0, 0.1) is 5.92 Å². The number of carbonyl (C=O) groups is 1. The number of hydrogen-bond acceptors (Lipinski definition) is 9. The number of aliphatic hydroxyl groups is 3. The zero-order chi connectivity index (χ0) is 26.7. The maximum Gasteiger partial charge on any atom is 0.356 e. The second-order valence-electron chi connectivity index (χ2n) is 9.56. The van der Waals surface area contributed by atoms with E-state index < -0.39 is 54.7 Å². The third-order valence-electron chi connectivity index (χ3n) is 6.64. The average molecular weight is 563 g/mol. The molecule has 0 aliphatic carbocycles. The Labute approximate surface area is 216 Å². The minimum Gasteiger partial charge on any atom is -0.388 e. The van der Waals surface area contributed by atoms with Gasteiger partial charge in [-0.1, -0.05) is 13.3 Å². The summed E-state index contributed by atoms with van der Waals surface area (Å²) in [7, 11) is -1.97. The summed E-state index contributed by atoms with van der Waals surface area (Å²) >= 11 is 7.55. The molecule has 3 aliphatic rings. The van der Waals surface area contributed by atoms with Crippen LogP contribution in [0.2, 0.25) is 0 Å². The molecule has 0 saturated carbocycles. The molecule has 206 valence electrons. The minimum atomic E-state index is -3.90. The quantitative estimate of drug-likeness (QED) is 0.136. The Balaban J connectivity index is 0.000000456. The third-order valence-corrected chi connectivity index (χ3v) is 8.97. The van der Waals surface area contributed by atoms with Crippen molar-refractivity contribution in [2.45, 2.75) is 99.3 Å². The predicted molar refractivity (Wildman–Crippen MR) is 133 cm³/mol.